The minimum absolute atomic E-state index is 0.152. The number of esters is 2. The lowest BCUT2D eigenvalue weighted by atomic mass is 9.95. The summed E-state index contributed by atoms with van der Waals surface area (Å²) in [4.78, 5) is 50.9. The number of amides is 2. The molecule has 0 spiro atoms. The van der Waals surface area contributed by atoms with Gasteiger partial charge in [-0.25, -0.2) is 4.79 Å². The van der Waals surface area contributed by atoms with Gasteiger partial charge in [-0.3, -0.25) is 14.4 Å². The highest BCUT2D eigenvalue weighted by atomic mass is 32.2. The molecule has 3 aliphatic heterocycles. The van der Waals surface area contributed by atoms with Gasteiger partial charge in [-0.2, -0.15) is 0 Å². The van der Waals surface area contributed by atoms with Gasteiger partial charge in [0.15, 0.2) is 11.5 Å². The van der Waals surface area contributed by atoms with Crippen LogP contribution in [0, 0.1) is 0 Å². The van der Waals surface area contributed by atoms with Crippen molar-refractivity contribution < 1.29 is 38.1 Å². The van der Waals surface area contributed by atoms with Crippen LogP contribution in [-0.4, -0.2) is 70.5 Å². The zero-order chi connectivity index (χ0) is 24.6. The lowest BCUT2D eigenvalue weighted by Gasteiger charge is -2.44. The van der Waals surface area contributed by atoms with Crippen LogP contribution in [0.15, 0.2) is 18.2 Å². The number of hydrogen-bond acceptors (Lipinski definition) is 10. The number of nitrogens with two attached hydrogens (primary N) is 1. The van der Waals surface area contributed by atoms with Crippen LogP contribution in [-0.2, 0) is 35.1 Å². The molecule has 0 aromatic heterocycles. The summed E-state index contributed by atoms with van der Waals surface area (Å²) in [6, 6.07) is 2.79. The molecule has 0 saturated carbocycles. The number of ether oxygens (including phenoxy) is 4. The molecule has 2 amide bonds. The second-order valence-corrected chi connectivity index (χ2v) is 10.5. The highest BCUT2D eigenvalue weighted by Crippen LogP contribution is 2.51. The third-order valence-electron chi connectivity index (χ3n) is 5.90. The lowest BCUT2D eigenvalue weighted by Crippen LogP contribution is -2.71. The Kier molecular flexibility index (Phi) is 6.63. The maximum Gasteiger partial charge on any atom is 0.333 e. The summed E-state index contributed by atoms with van der Waals surface area (Å²) < 4.78 is 19.8. The fourth-order valence-electron chi connectivity index (χ4n) is 4.14. The minimum atomic E-state index is -0.879. The molecular formula is C22H27N3O8S. The average molecular weight is 494 g/mol. The standard InChI is InChI=1S/C22H27N3O8S/c1-4-15(26)32-10-33-21(29)17-22(2,3)34-20-16(19(28)25(17)20)24-18(27)12(23)7-11-5-6-13-14(8-11)31-9-30-13/h5-6,8,12,16-17,20H,4,7,9-10,23H2,1-3H3,(H,24,27)/t12?,16-,17+,20-/m1/s1. The van der Waals surface area contributed by atoms with Gasteiger partial charge in [0.25, 0.3) is 0 Å². The van der Waals surface area contributed by atoms with E-state index in [1.54, 1.807) is 25.1 Å². The Balaban J connectivity index is 1.34. The quantitative estimate of drug-likeness (QED) is 0.294. The molecular weight excluding hydrogens is 466 g/mol. The molecule has 184 valence electrons. The van der Waals surface area contributed by atoms with E-state index in [1.165, 1.54) is 16.7 Å². The molecule has 34 heavy (non-hydrogen) atoms. The van der Waals surface area contributed by atoms with Gasteiger partial charge in [0.05, 0.1) is 6.04 Å². The Bertz CT molecular complexity index is 1020. The Morgan fingerprint density at radius 3 is 2.74 bits per heavy atom. The molecule has 3 aliphatic rings. The monoisotopic (exact) mass is 493 g/mol. The molecule has 3 heterocycles. The molecule has 1 unspecified atom stereocenters. The summed E-state index contributed by atoms with van der Waals surface area (Å²) in [7, 11) is 0. The van der Waals surface area contributed by atoms with Crippen LogP contribution in [0.2, 0.25) is 0 Å². The number of fused-ring (bicyclic) bond motifs is 2. The molecule has 1 aromatic rings. The summed E-state index contributed by atoms with van der Waals surface area (Å²) in [5, 5.41) is 2.29. The number of nitrogens with one attached hydrogen (secondary N) is 1. The molecule has 4 rings (SSSR count). The van der Waals surface area contributed by atoms with Crippen LogP contribution in [0.3, 0.4) is 0 Å². The second-order valence-electron chi connectivity index (χ2n) is 8.70. The van der Waals surface area contributed by atoms with Crippen molar-refractivity contribution in [1.82, 2.24) is 10.2 Å². The molecule has 4 atom stereocenters. The number of hydrogen-bond donors (Lipinski definition) is 2. The maximum atomic E-state index is 12.9. The first-order valence-corrected chi connectivity index (χ1v) is 11.8. The van der Waals surface area contributed by atoms with E-state index in [9.17, 15) is 19.2 Å². The first kappa shape index (κ1) is 24.1. The number of rotatable bonds is 8. The van der Waals surface area contributed by atoms with E-state index in [4.69, 9.17) is 24.7 Å². The summed E-state index contributed by atoms with van der Waals surface area (Å²) in [6.07, 6.45) is 0.412. The van der Waals surface area contributed by atoms with Crippen LogP contribution >= 0.6 is 11.8 Å². The van der Waals surface area contributed by atoms with E-state index in [0.29, 0.717) is 11.5 Å². The van der Waals surface area contributed by atoms with Crippen molar-refractivity contribution in [3.05, 3.63) is 23.8 Å². The van der Waals surface area contributed by atoms with Gasteiger partial charge in [-0.15, -0.1) is 11.8 Å². The topological polar surface area (TPSA) is 146 Å². The first-order valence-electron chi connectivity index (χ1n) is 10.9. The van der Waals surface area contributed by atoms with Crippen LogP contribution < -0.4 is 20.5 Å². The molecule has 0 bridgehead atoms. The van der Waals surface area contributed by atoms with E-state index >= 15 is 0 Å². The number of benzene rings is 1. The third-order valence-corrected chi connectivity index (χ3v) is 7.47. The van der Waals surface area contributed by atoms with Gasteiger partial charge in [-0.05, 0) is 38.0 Å². The molecule has 3 N–H and O–H groups in total. The molecule has 2 fully saturated rings. The summed E-state index contributed by atoms with van der Waals surface area (Å²) in [5.74, 6) is -0.778. The lowest BCUT2D eigenvalue weighted by molar-refractivity contribution is -0.176. The SMILES string of the molecule is CCC(=O)OCOC(=O)[C@@H]1N2C(=O)[C@@H](NC(=O)C(N)Cc3ccc4c(c3)OCO4)[C@H]2SC1(C)C. The smallest absolute Gasteiger partial charge is 0.333 e. The Morgan fingerprint density at radius 1 is 1.26 bits per heavy atom. The summed E-state index contributed by atoms with van der Waals surface area (Å²) in [5.41, 5.74) is 6.89. The number of β-lactam (4-membered cyclic amide) rings is 1. The fourth-order valence-corrected chi connectivity index (χ4v) is 5.76. The molecule has 11 nitrogen and oxygen atoms in total. The molecule has 1 aromatic carbocycles. The normalized spacial score (nSPS) is 24.6. The Morgan fingerprint density at radius 2 is 2.00 bits per heavy atom. The van der Waals surface area contributed by atoms with Crippen molar-refractivity contribution in [1.29, 1.82) is 0 Å². The predicted octanol–water partition coefficient (Wildman–Crippen LogP) is 0.286. The number of nitrogens with zero attached hydrogens (tertiary/aromatic N) is 1. The molecule has 0 aliphatic carbocycles. The molecule has 2 saturated heterocycles. The van der Waals surface area contributed by atoms with Crippen molar-refractivity contribution in [2.45, 2.75) is 61.9 Å². The van der Waals surface area contributed by atoms with Crippen LogP contribution in [0.4, 0.5) is 0 Å². The van der Waals surface area contributed by atoms with Gasteiger partial charge < -0.3 is 34.9 Å². The number of carbonyl (C=O) groups is 4. The zero-order valence-corrected chi connectivity index (χ0v) is 19.9. The second kappa shape index (κ2) is 9.34. The maximum absolute atomic E-state index is 12.9. The third kappa shape index (κ3) is 4.51. The van der Waals surface area contributed by atoms with Crippen molar-refractivity contribution in [2.75, 3.05) is 13.6 Å². The average Bonchev–Trinajstić information content (AvgIpc) is 3.36. The van der Waals surface area contributed by atoms with E-state index in [-0.39, 0.29) is 25.5 Å². The highest BCUT2D eigenvalue weighted by molar-refractivity contribution is 8.01. The Labute approximate surface area is 200 Å². The first-order chi connectivity index (χ1) is 16.1. The molecule has 0 radical (unpaired) electrons. The van der Waals surface area contributed by atoms with Gasteiger partial charge >= 0.3 is 11.9 Å². The highest BCUT2D eigenvalue weighted by Gasteiger charge is 2.64. The van der Waals surface area contributed by atoms with E-state index in [0.717, 1.165) is 5.56 Å². The van der Waals surface area contributed by atoms with Crippen LogP contribution in [0.25, 0.3) is 0 Å². The number of carbonyl (C=O) groups excluding carboxylic acids is 4. The summed E-state index contributed by atoms with van der Waals surface area (Å²) >= 11 is 1.39. The summed E-state index contributed by atoms with van der Waals surface area (Å²) in [6.45, 7) is 4.90. The van der Waals surface area contributed by atoms with E-state index in [1.807, 2.05) is 13.8 Å². The van der Waals surface area contributed by atoms with Gasteiger partial charge in [-0.1, -0.05) is 13.0 Å². The molecule has 12 heteroatoms. The van der Waals surface area contributed by atoms with Crippen molar-refractivity contribution in [3.8, 4) is 11.5 Å². The van der Waals surface area contributed by atoms with Gasteiger partial charge in [0, 0.05) is 11.2 Å². The van der Waals surface area contributed by atoms with E-state index < -0.39 is 52.9 Å². The van der Waals surface area contributed by atoms with Crippen LogP contribution in [0.5, 0.6) is 11.5 Å². The Hall–Kier alpha value is -2.99. The predicted molar refractivity (Wildman–Crippen MR) is 120 cm³/mol. The van der Waals surface area contributed by atoms with Crippen molar-refractivity contribution in [2.24, 2.45) is 5.73 Å². The van der Waals surface area contributed by atoms with Gasteiger partial charge in [0.2, 0.25) is 25.4 Å². The van der Waals surface area contributed by atoms with E-state index in [2.05, 4.69) is 5.32 Å². The fraction of sp³-hybridized carbons (Fsp3) is 0.545. The van der Waals surface area contributed by atoms with Crippen molar-refractivity contribution in [3.63, 3.8) is 0 Å². The zero-order valence-electron chi connectivity index (χ0n) is 19.1. The minimum Gasteiger partial charge on any atom is -0.454 e. The van der Waals surface area contributed by atoms with Gasteiger partial charge in [0.1, 0.15) is 17.5 Å². The largest absolute Gasteiger partial charge is 0.454 e. The number of thioether (sulfide) groups is 1. The van der Waals surface area contributed by atoms with Crippen LogP contribution in [0.1, 0.15) is 32.8 Å². The van der Waals surface area contributed by atoms with Crippen molar-refractivity contribution >= 4 is 35.5 Å².